The second-order valence-electron chi connectivity index (χ2n) is 5.65. The van der Waals surface area contributed by atoms with Crippen LogP contribution in [0.2, 0.25) is 5.02 Å². The molecular weight excluding hydrogens is 261 g/mol. The van der Waals surface area contributed by atoms with E-state index in [4.69, 9.17) is 11.6 Å². The van der Waals surface area contributed by atoms with Crippen LogP contribution in [-0.4, -0.2) is 13.1 Å². The summed E-state index contributed by atoms with van der Waals surface area (Å²) in [6, 6.07) is 5.06. The van der Waals surface area contributed by atoms with Gasteiger partial charge >= 0.3 is 0 Å². The van der Waals surface area contributed by atoms with Crippen molar-refractivity contribution in [2.45, 2.75) is 40.0 Å². The molecule has 1 N–H and O–H groups in total. The van der Waals surface area contributed by atoms with E-state index in [0.29, 0.717) is 11.8 Å². The molecule has 1 aromatic carbocycles. The minimum absolute atomic E-state index is 0.224. The fourth-order valence-corrected chi connectivity index (χ4v) is 2.59. The maximum atomic E-state index is 13.2. The van der Waals surface area contributed by atoms with Crippen LogP contribution >= 0.6 is 11.6 Å². The zero-order valence-corrected chi connectivity index (χ0v) is 12.9. The van der Waals surface area contributed by atoms with Crippen molar-refractivity contribution in [2.75, 3.05) is 13.1 Å². The molecule has 0 aliphatic carbocycles. The largest absolute Gasteiger partial charge is 0.316 e. The van der Waals surface area contributed by atoms with Crippen molar-refractivity contribution in [3.8, 4) is 0 Å². The summed E-state index contributed by atoms with van der Waals surface area (Å²) in [5.74, 6) is 0.910. The summed E-state index contributed by atoms with van der Waals surface area (Å²) < 4.78 is 13.2. The summed E-state index contributed by atoms with van der Waals surface area (Å²) in [6.07, 6.45) is 3.28. The molecule has 3 heteroatoms. The highest BCUT2D eigenvalue weighted by atomic mass is 35.5. The summed E-state index contributed by atoms with van der Waals surface area (Å²) in [5, 5.41) is 3.70. The van der Waals surface area contributed by atoms with E-state index in [2.05, 4.69) is 26.1 Å². The van der Waals surface area contributed by atoms with Crippen LogP contribution in [0.5, 0.6) is 0 Å². The van der Waals surface area contributed by atoms with Crippen molar-refractivity contribution in [3.63, 3.8) is 0 Å². The van der Waals surface area contributed by atoms with E-state index in [-0.39, 0.29) is 10.8 Å². The monoisotopic (exact) mass is 285 g/mol. The fourth-order valence-electron chi connectivity index (χ4n) is 2.39. The average Bonchev–Trinajstić information content (AvgIpc) is 2.33. The van der Waals surface area contributed by atoms with E-state index in [1.807, 2.05) is 6.07 Å². The predicted molar refractivity (Wildman–Crippen MR) is 81.2 cm³/mol. The molecule has 1 aromatic rings. The number of benzene rings is 1. The molecule has 1 unspecified atom stereocenters. The van der Waals surface area contributed by atoms with E-state index < -0.39 is 0 Å². The Hall–Kier alpha value is -0.600. The van der Waals surface area contributed by atoms with Gasteiger partial charge in [-0.3, -0.25) is 0 Å². The predicted octanol–water partition coefficient (Wildman–Crippen LogP) is 4.68. The van der Waals surface area contributed by atoms with E-state index in [1.54, 1.807) is 6.07 Å². The van der Waals surface area contributed by atoms with Gasteiger partial charge in [-0.05, 0) is 61.9 Å². The van der Waals surface area contributed by atoms with Crippen LogP contribution in [0, 0.1) is 17.7 Å². The molecular formula is C16H25ClFN. The average molecular weight is 286 g/mol. The minimum Gasteiger partial charge on any atom is -0.316 e. The molecule has 108 valence electrons. The molecule has 0 aliphatic rings. The first kappa shape index (κ1) is 16.5. The summed E-state index contributed by atoms with van der Waals surface area (Å²) in [7, 11) is 0. The molecule has 0 heterocycles. The van der Waals surface area contributed by atoms with Crippen LogP contribution < -0.4 is 5.32 Å². The number of hydrogen-bond donors (Lipinski definition) is 1. The molecule has 0 saturated heterocycles. The van der Waals surface area contributed by atoms with E-state index in [0.717, 1.165) is 31.5 Å². The Morgan fingerprint density at radius 2 is 2.05 bits per heavy atom. The van der Waals surface area contributed by atoms with Crippen LogP contribution in [-0.2, 0) is 6.42 Å². The smallest absolute Gasteiger partial charge is 0.141 e. The summed E-state index contributed by atoms with van der Waals surface area (Å²) in [6.45, 7) is 8.72. The highest BCUT2D eigenvalue weighted by Crippen LogP contribution is 2.21. The molecule has 1 atom stereocenters. The van der Waals surface area contributed by atoms with Gasteiger partial charge in [-0.25, -0.2) is 4.39 Å². The highest BCUT2D eigenvalue weighted by molar-refractivity contribution is 6.30. The molecule has 0 aromatic heterocycles. The van der Waals surface area contributed by atoms with Crippen molar-refractivity contribution < 1.29 is 4.39 Å². The van der Waals surface area contributed by atoms with Crippen LogP contribution in [0.3, 0.4) is 0 Å². The number of rotatable bonds is 8. The second kappa shape index (κ2) is 8.55. The van der Waals surface area contributed by atoms with E-state index in [1.165, 1.54) is 12.5 Å². The van der Waals surface area contributed by atoms with Crippen LogP contribution in [0.1, 0.15) is 39.2 Å². The summed E-state index contributed by atoms with van der Waals surface area (Å²) in [5.41, 5.74) is 1.12. The maximum absolute atomic E-state index is 13.2. The van der Waals surface area contributed by atoms with Gasteiger partial charge in [-0.1, -0.05) is 38.4 Å². The Morgan fingerprint density at radius 3 is 2.63 bits per heavy atom. The Morgan fingerprint density at radius 1 is 1.32 bits per heavy atom. The molecule has 1 rings (SSSR count). The first-order chi connectivity index (χ1) is 9.02. The lowest BCUT2D eigenvalue weighted by Gasteiger charge is -2.20. The molecule has 0 radical (unpaired) electrons. The van der Waals surface area contributed by atoms with Crippen LogP contribution in [0.4, 0.5) is 4.39 Å². The lowest BCUT2D eigenvalue weighted by Crippen LogP contribution is -2.26. The third-order valence-corrected chi connectivity index (χ3v) is 3.46. The SMILES string of the molecule is CCCNCC(Cc1ccc(F)c(Cl)c1)CC(C)C. The molecule has 19 heavy (non-hydrogen) atoms. The first-order valence-electron chi connectivity index (χ1n) is 7.17. The van der Waals surface area contributed by atoms with Gasteiger partial charge < -0.3 is 5.32 Å². The van der Waals surface area contributed by atoms with Crippen molar-refractivity contribution in [2.24, 2.45) is 11.8 Å². The molecule has 0 spiro atoms. The van der Waals surface area contributed by atoms with Gasteiger partial charge in [-0.2, -0.15) is 0 Å². The zero-order valence-electron chi connectivity index (χ0n) is 12.2. The Kier molecular flexibility index (Phi) is 7.40. The van der Waals surface area contributed by atoms with E-state index >= 15 is 0 Å². The molecule has 1 nitrogen and oxygen atoms in total. The van der Waals surface area contributed by atoms with Gasteiger partial charge in [0.25, 0.3) is 0 Å². The minimum atomic E-state index is -0.338. The van der Waals surface area contributed by atoms with Crippen LogP contribution in [0.15, 0.2) is 18.2 Å². The van der Waals surface area contributed by atoms with E-state index in [9.17, 15) is 4.39 Å². The standard InChI is InChI=1S/C16H25ClFN/c1-4-7-19-11-14(8-12(2)3)9-13-5-6-16(18)15(17)10-13/h5-6,10,12,14,19H,4,7-9,11H2,1-3H3. The molecule has 0 fully saturated rings. The molecule has 0 bridgehead atoms. The highest BCUT2D eigenvalue weighted by Gasteiger charge is 2.12. The van der Waals surface area contributed by atoms with Gasteiger partial charge in [0.05, 0.1) is 5.02 Å². The Labute approximate surface area is 121 Å². The van der Waals surface area contributed by atoms with Gasteiger partial charge in [0.15, 0.2) is 0 Å². The van der Waals surface area contributed by atoms with Crippen molar-refractivity contribution >= 4 is 11.6 Å². The van der Waals surface area contributed by atoms with Crippen LogP contribution in [0.25, 0.3) is 0 Å². The second-order valence-corrected chi connectivity index (χ2v) is 6.06. The molecule has 0 aliphatic heterocycles. The topological polar surface area (TPSA) is 12.0 Å². The maximum Gasteiger partial charge on any atom is 0.141 e. The molecule has 0 amide bonds. The molecule has 0 saturated carbocycles. The first-order valence-corrected chi connectivity index (χ1v) is 7.55. The lowest BCUT2D eigenvalue weighted by molar-refractivity contribution is 0.385. The Bertz CT molecular complexity index is 379. The summed E-state index contributed by atoms with van der Waals surface area (Å²) in [4.78, 5) is 0. The number of hydrogen-bond acceptors (Lipinski definition) is 1. The third-order valence-electron chi connectivity index (χ3n) is 3.17. The fraction of sp³-hybridized carbons (Fsp3) is 0.625. The van der Waals surface area contributed by atoms with Gasteiger partial charge in [0.2, 0.25) is 0 Å². The summed E-state index contributed by atoms with van der Waals surface area (Å²) >= 11 is 5.84. The normalized spacial score (nSPS) is 12.9. The third kappa shape index (κ3) is 6.40. The number of nitrogens with one attached hydrogen (secondary N) is 1. The van der Waals surface area contributed by atoms with Crippen molar-refractivity contribution in [1.82, 2.24) is 5.32 Å². The zero-order chi connectivity index (χ0) is 14.3. The van der Waals surface area contributed by atoms with Gasteiger partial charge in [-0.15, -0.1) is 0 Å². The Balaban J connectivity index is 2.61. The number of halogens is 2. The lowest BCUT2D eigenvalue weighted by atomic mass is 9.91. The van der Waals surface area contributed by atoms with Gasteiger partial charge in [0, 0.05) is 0 Å². The van der Waals surface area contributed by atoms with Crippen molar-refractivity contribution in [1.29, 1.82) is 0 Å². The quantitative estimate of drug-likeness (QED) is 0.684. The van der Waals surface area contributed by atoms with Crippen molar-refractivity contribution in [3.05, 3.63) is 34.6 Å². The van der Waals surface area contributed by atoms with Gasteiger partial charge in [0.1, 0.15) is 5.82 Å².